The molecule has 0 heterocycles. The minimum Gasteiger partial charge on any atom is -0.481 e. The van der Waals surface area contributed by atoms with Gasteiger partial charge in [-0.3, -0.25) is 9.59 Å². The fourth-order valence-corrected chi connectivity index (χ4v) is 3.46. The standard InChI is InChI=1S/C14H23NO3/c1-8(9(2)14(17)18)13(16)15-7-12-6-10-3-4-11(12)5-10/h8-12H,3-7H2,1-2H3,(H,15,16)(H,17,18). The molecule has 0 aliphatic heterocycles. The molecule has 0 aromatic rings. The van der Waals surface area contributed by atoms with Gasteiger partial charge in [0, 0.05) is 12.5 Å². The van der Waals surface area contributed by atoms with Gasteiger partial charge >= 0.3 is 5.97 Å². The Balaban J connectivity index is 1.76. The molecule has 2 aliphatic rings. The third-order valence-corrected chi connectivity index (χ3v) is 4.98. The van der Waals surface area contributed by atoms with Crippen molar-refractivity contribution in [3.05, 3.63) is 0 Å². The monoisotopic (exact) mass is 253 g/mol. The number of carboxylic acid groups (broad SMARTS) is 1. The van der Waals surface area contributed by atoms with E-state index in [1.54, 1.807) is 13.8 Å². The number of fused-ring (bicyclic) bond motifs is 2. The molecule has 2 fully saturated rings. The van der Waals surface area contributed by atoms with E-state index < -0.39 is 17.8 Å². The van der Waals surface area contributed by atoms with Crippen molar-refractivity contribution in [3.8, 4) is 0 Å². The van der Waals surface area contributed by atoms with Gasteiger partial charge in [-0.05, 0) is 37.0 Å². The summed E-state index contributed by atoms with van der Waals surface area (Å²) in [6.07, 6.45) is 5.25. The smallest absolute Gasteiger partial charge is 0.307 e. The Bertz CT molecular complexity index is 342. The molecule has 2 rings (SSSR count). The predicted octanol–water partition coefficient (Wildman–Crippen LogP) is 1.90. The zero-order chi connectivity index (χ0) is 13.3. The normalized spacial score (nSPS) is 33.1. The molecule has 4 heteroatoms. The summed E-state index contributed by atoms with van der Waals surface area (Å²) in [7, 11) is 0. The highest BCUT2D eigenvalue weighted by Gasteiger charge is 2.39. The Labute approximate surface area is 108 Å². The van der Waals surface area contributed by atoms with Crippen LogP contribution in [0, 0.1) is 29.6 Å². The van der Waals surface area contributed by atoms with Gasteiger partial charge in [0.15, 0.2) is 0 Å². The Kier molecular flexibility index (Phi) is 3.93. The molecule has 0 saturated heterocycles. The van der Waals surface area contributed by atoms with Crippen molar-refractivity contribution in [1.29, 1.82) is 0 Å². The maximum atomic E-state index is 11.9. The lowest BCUT2D eigenvalue weighted by molar-refractivity contribution is -0.146. The minimum atomic E-state index is -0.905. The van der Waals surface area contributed by atoms with E-state index in [9.17, 15) is 9.59 Å². The molecular weight excluding hydrogens is 230 g/mol. The van der Waals surface area contributed by atoms with Gasteiger partial charge in [-0.2, -0.15) is 0 Å². The Hall–Kier alpha value is -1.06. The molecule has 0 radical (unpaired) electrons. The molecule has 2 bridgehead atoms. The third kappa shape index (κ3) is 2.68. The van der Waals surface area contributed by atoms with Crippen molar-refractivity contribution in [1.82, 2.24) is 5.32 Å². The zero-order valence-corrected chi connectivity index (χ0v) is 11.2. The average Bonchev–Trinajstić information content (AvgIpc) is 2.95. The van der Waals surface area contributed by atoms with Crippen LogP contribution in [0.25, 0.3) is 0 Å². The van der Waals surface area contributed by atoms with E-state index in [0.717, 1.165) is 18.4 Å². The Morgan fingerprint density at radius 3 is 2.44 bits per heavy atom. The molecule has 1 amide bonds. The van der Waals surface area contributed by atoms with E-state index in [4.69, 9.17) is 5.11 Å². The van der Waals surface area contributed by atoms with Crippen molar-refractivity contribution in [2.45, 2.75) is 39.5 Å². The Morgan fingerprint density at radius 2 is 1.94 bits per heavy atom. The second-order valence-corrected chi connectivity index (χ2v) is 6.10. The highest BCUT2D eigenvalue weighted by atomic mass is 16.4. The van der Waals surface area contributed by atoms with Crippen molar-refractivity contribution < 1.29 is 14.7 Å². The van der Waals surface area contributed by atoms with Gasteiger partial charge in [-0.25, -0.2) is 0 Å². The summed E-state index contributed by atoms with van der Waals surface area (Å²) < 4.78 is 0. The van der Waals surface area contributed by atoms with Crippen LogP contribution in [-0.2, 0) is 9.59 Å². The number of rotatable bonds is 5. The lowest BCUT2D eigenvalue weighted by Crippen LogP contribution is -2.38. The molecule has 5 atom stereocenters. The van der Waals surface area contributed by atoms with Crippen molar-refractivity contribution >= 4 is 11.9 Å². The topological polar surface area (TPSA) is 66.4 Å². The number of carbonyl (C=O) groups excluding carboxylic acids is 1. The number of hydrogen-bond acceptors (Lipinski definition) is 2. The summed E-state index contributed by atoms with van der Waals surface area (Å²) >= 11 is 0. The molecule has 2 N–H and O–H groups in total. The zero-order valence-electron chi connectivity index (χ0n) is 11.2. The Morgan fingerprint density at radius 1 is 1.22 bits per heavy atom. The van der Waals surface area contributed by atoms with Crippen LogP contribution in [0.15, 0.2) is 0 Å². The minimum absolute atomic E-state index is 0.118. The maximum Gasteiger partial charge on any atom is 0.307 e. The van der Waals surface area contributed by atoms with Crippen molar-refractivity contribution in [2.24, 2.45) is 29.6 Å². The van der Waals surface area contributed by atoms with Gasteiger partial charge in [-0.1, -0.05) is 20.3 Å². The van der Waals surface area contributed by atoms with Crippen molar-refractivity contribution in [2.75, 3.05) is 6.54 Å². The third-order valence-electron chi connectivity index (χ3n) is 4.98. The average molecular weight is 253 g/mol. The summed E-state index contributed by atoms with van der Waals surface area (Å²) in [4.78, 5) is 22.7. The highest BCUT2D eigenvalue weighted by Crippen LogP contribution is 2.47. The summed E-state index contributed by atoms with van der Waals surface area (Å²) in [5.74, 6) is 0.200. The van der Waals surface area contributed by atoms with Crippen molar-refractivity contribution in [3.63, 3.8) is 0 Å². The maximum absolute atomic E-state index is 11.9. The van der Waals surface area contributed by atoms with Gasteiger partial charge in [0.2, 0.25) is 5.91 Å². The van der Waals surface area contributed by atoms with Gasteiger partial charge in [0.05, 0.1) is 5.92 Å². The molecule has 0 aromatic heterocycles. The molecule has 18 heavy (non-hydrogen) atoms. The number of carbonyl (C=O) groups is 2. The first-order valence-electron chi connectivity index (χ1n) is 6.99. The quantitative estimate of drug-likeness (QED) is 0.786. The van der Waals surface area contributed by atoms with Crippen LogP contribution in [-0.4, -0.2) is 23.5 Å². The lowest BCUT2D eigenvalue weighted by atomic mass is 9.88. The number of aliphatic carboxylic acids is 1. The predicted molar refractivity (Wildman–Crippen MR) is 67.9 cm³/mol. The second kappa shape index (κ2) is 5.29. The first-order chi connectivity index (χ1) is 8.49. The van der Waals surface area contributed by atoms with E-state index >= 15 is 0 Å². The van der Waals surface area contributed by atoms with Crippen LogP contribution in [0.4, 0.5) is 0 Å². The number of hydrogen-bond donors (Lipinski definition) is 2. The molecule has 2 aliphatic carbocycles. The van der Waals surface area contributed by atoms with Gasteiger partial charge in [-0.15, -0.1) is 0 Å². The van der Waals surface area contributed by atoms with Crippen LogP contribution < -0.4 is 5.32 Å². The van der Waals surface area contributed by atoms with Gasteiger partial charge in [0.1, 0.15) is 0 Å². The van der Waals surface area contributed by atoms with Crippen LogP contribution in [0.3, 0.4) is 0 Å². The fourth-order valence-electron chi connectivity index (χ4n) is 3.46. The van der Waals surface area contributed by atoms with Crippen LogP contribution in [0.5, 0.6) is 0 Å². The molecule has 4 nitrogen and oxygen atoms in total. The molecule has 0 aromatic carbocycles. The fraction of sp³-hybridized carbons (Fsp3) is 0.857. The number of carboxylic acids is 1. The van der Waals surface area contributed by atoms with Crippen LogP contribution in [0.2, 0.25) is 0 Å². The van der Waals surface area contributed by atoms with E-state index in [-0.39, 0.29) is 5.91 Å². The van der Waals surface area contributed by atoms with E-state index in [1.165, 1.54) is 25.7 Å². The van der Waals surface area contributed by atoms with Gasteiger partial charge in [0.25, 0.3) is 0 Å². The van der Waals surface area contributed by atoms with Crippen LogP contribution in [0.1, 0.15) is 39.5 Å². The molecular formula is C14H23NO3. The first kappa shape index (κ1) is 13.4. The first-order valence-corrected chi connectivity index (χ1v) is 6.99. The van der Waals surface area contributed by atoms with Crippen LogP contribution >= 0.6 is 0 Å². The molecule has 0 spiro atoms. The van der Waals surface area contributed by atoms with E-state index in [0.29, 0.717) is 5.92 Å². The summed E-state index contributed by atoms with van der Waals surface area (Å²) in [6, 6.07) is 0. The summed E-state index contributed by atoms with van der Waals surface area (Å²) in [5, 5.41) is 11.8. The lowest BCUT2D eigenvalue weighted by Gasteiger charge is -2.23. The largest absolute Gasteiger partial charge is 0.481 e. The van der Waals surface area contributed by atoms with E-state index in [1.807, 2.05) is 0 Å². The number of nitrogens with one attached hydrogen (secondary N) is 1. The SMILES string of the molecule is CC(C(=O)O)C(C)C(=O)NCC1CC2CCC1C2. The molecule has 2 saturated carbocycles. The summed E-state index contributed by atoms with van der Waals surface area (Å²) in [5.41, 5.74) is 0. The number of amides is 1. The highest BCUT2D eigenvalue weighted by molar-refractivity contribution is 5.84. The second-order valence-electron chi connectivity index (χ2n) is 6.10. The van der Waals surface area contributed by atoms with E-state index in [2.05, 4.69) is 5.32 Å². The molecule has 5 unspecified atom stereocenters. The van der Waals surface area contributed by atoms with Gasteiger partial charge < -0.3 is 10.4 Å². The summed E-state index contributed by atoms with van der Waals surface area (Å²) in [6.45, 7) is 4.01. The molecule has 102 valence electrons.